The van der Waals surface area contributed by atoms with Crippen LogP contribution in [0.25, 0.3) is 32.6 Å². The first-order valence-corrected chi connectivity index (χ1v) is 10.4. The molecule has 0 aliphatic heterocycles. The molecule has 5 nitrogen and oxygen atoms in total. The van der Waals surface area contributed by atoms with Crippen molar-refractivity contribution in [1.29, 1.82) is 10.5 Å². The van der Waals surface area contributed by atoms with E-state index in [4.69, 9.17) is 4.42 Å². The molecule has 1 aliphatic rings. The summed E-state index contributed by atoms with van der Waals surface area (Å²) < 4.78 is 74.5. The second kappa shape index (κ2) is 8.01. The van der Waals surface area contributed by atoms with Crippen LogP contribution >= 0.6 is 11.3 Å². The molecular weight excluding hydrogens is 489 g/mol. The number of thiazole rings is 1. The van der Waals surface area contributed by atoms with Gasteiger partial charge < -0.3 is 4.42 Å². The minimum atomic E-state index is -2.28. The monoisotopic (exact) mass is 495 g/mol. The van der Waals surface area contributed by atoms with Crippen molar-refractivity contribution >= 4 is 39.2 Å². The molecule has 0 amide bonds. The number of nitrogens with zero attached hydrogens (tertiary/aromatic N) is 3. The van der Waals surface area contributed by atoms with Crippen LogP contribution in [0.5, 0.6) is 0 Å². The zero-order chi connectivity index (χ0) is 25.0. The number of aromatic nitrogens is 1. The Kier molecular flexibility index (Phi) is 5.08. The number of benzene rings is 2. The SMILES string of the molecule is N#CC(C#N)=C1/C(=C/c2cc3sc(-c4c(F)c(F)c(F)c(F)c4F)nc3o2)C(=O)c2ccccc21. The largest absolute Gasteiger partial charge is 0.437 e. The molecule has 2 heterocycles. The van der Waals surface area contributed by atoms with E-state index in [0.29, 0.717) is 16.9 Å². The van der Waals surface area contributed by atoms with Crippen LogP contribution in [-0.4, -0.2) is 10.8 Å². The van der Waals surface area contributed by atoms with Crippen molar-refractivity contribution in [2.75, 3.05) is 0 Å². The van der Waals surface area contributed by atoms with Gasteiger partial charge >= 0.3 is 0 Å². The van der Waals surface area contributed by atoms with Gasteiger partial charge in [0.1, 0.15) is 28.5 Å². The number of nitriles is 2. The summed E-state index contributed by atoms with van der Waals surface area (Å²) in [5, 5.41) is 18.2. The zero-order valence-corrected chi connectivity index (χ0v) is 17.7. The fraction of sp³-hybridized carbons (Fsp3) is 0. The van der Waals surface area contributed by atoms with Gasteiger partial charge in [-0.1, -0.05) is 24.3 Å². The Bertz CT molecular complexity index is 1670. The second-order valence-electron chi connectivity index (χ2n) is 7.19. The molecule has 0 bridgehead atoms. The first kappa shape index (κ1) is 22.2. The van der Waals surface area contributed by atoms with Crippen LogP contribution in [0.4, 0.5) is 22.0 Å². The van der Waals surface area contributed by atoms with E-state index < -0.39 is 45.4 Å². The lowest BCUT2D eigenvalue weighted by atomic mass is 9.99. The molecule has 0 spiro atoms. The standard InChI is InChI=1S/C24H6F5N3O2S/c25-17-16(18(26)20(28)21(29)19(17)27)24-32-23-14(35-24)6-10(34-23)5-13-15(9(7-30)8-31)11-3-1-2-4-12(11)22(13)33/h1-6H/b13-5-. The van der Waals surface area contributed by atoms with E-state index in [1.54, 1.807) is 36.4 Å². The Morgan fingerprint density at radius 2 is 1.54 bits per heavy atom. The highest BCUT2D eigenvalue weighted by Crippen LogP contribution is 2.41. The van der Waals surface area contributed by atoms with Gasteiger partial charge in [-0.05, 0) is 11.6 Å². The van der Waals surface area contributed by atoms with Crippen molar-refractivity contribution in [3.63, 3.8) is 0 Å². The molecule has 0 unspecified atom stereocenters. The summed E-state index contributed by atoms with van der Waals surface area (Å²) in [7, 11) is 0. The third-order valence-corrected chi connectivity index (χ3v) is 6.25. The van der Waals surface area contributed by atoms with Gasteiger partial charge in [-0.25, -0.2) is 26.9 Å². The predicted molar refractivity (Wildman–Crippen MR) is 114 cm³/mol. The fourth-order valence-electron chi connectivity index (χ4n) is 3.71. The predicted octanol–water partition coefficient (Wildman–Crippen LogP) is 6.33. The summed E-state index contributed by atoms with van der Waals surface area (Å²) >= 11 is 0.613. The van der Waals surface area contributed by atoms with E-state index in [0.717, 1.165) is 0 Å². The summed E-state index contributed by atoms with van der Waals surface area (Å²) in [4.78, 5) is 16.8. The topological polar surface area (TPSA) is 90.7 Å². The number of rotatable bonds is 2. The van der Waals surface area contributed by atoms with Crippen LogP contribution in [0.15, 0.2) is 45.9 Å². The minimum absolute atomic E-state index is 0.0192. The second-order valence-corrected chi connectivity index (χ2v) is 8.22. The van der Waals surface area contributed by atoms with Crippen molar-refractivity contribution in [2.24, 2.45) is 0 Å². The number of allylic oxidation sites excluding steroid dienone is 3. The Morgan fingerprint density at radius 1 is 0.943 bits per heavy atom. The Hall–Kier alpha value is -4.61. The summed E-state index contributed by atoms with van der Waals surface area (Å²) in [5.41, 5.74) is -0.795. The van der Waals surface area contributed by atoms with Crippen LogP contribution in [0.1, 0.15) is 21.7 Å². The van der Waals surface area contributed by atoms with Gasteiger partial charge in [-0.15, -0.1) is 11.3 Å². The van der Waals surface area contributed by atoms with Crippen molar-refractivity contribution < 1.29 is 31.2 Å². The maximum absolute atomic E-state index is 14.1. The lowest BCUT2D eigenvalue weighted by molar-refractivity contribution is 0.104. The molecule has 0 radical (unpaired) electrons. The quantitative estimate of drug-likeness (QED) is 0.107. The van der Waals surface area contributed by atoms with Crippen LogP contribution < -0.4 is 0 Å². The molecule has 0 atom stereocenters. The number of carbonyl (C=O) groups is 1. The third kappa shape index (κ3) is 3.25. The van der Waals surface area contributed by atoms with Gasteiger partial charge in [0.25, 0.3) is 0 Å². The number of ketones is 1. The maximum atomic E-state index is 14.1. The third-order valence-electron chi connectivity index (χ3n) is 5.25. The molecule has 11 heteroatoms. The van der Waals surface area contributed by atoms with E-state index in [9.17, 15) is 37.3 Å². The molecule has 0 saturated heterocycles. The average molecular weight is 495 g/mol. The van der Waals surface area contributed by atoms with E-state index in [-0.39, 0.29) is 38.5 Å². The summed E-state index contributed by atoms with van der Waals surface area (Å²) in [6, 6.07) is 11.3. The fourth-order valence-corrected chi connectivity index (χ4v) is 4.68. The van der Waals surface area contributed by atoms with Gasteiger partial charge in [-0.3, -0.25) is 4.79 Å². The summed E-state index contributed by atoms with van der Waals surface area (Å²) in [5.74, 6) is -10.9. The molecular formula is C24H6F5N3O2S. The summed E-state index contributed by atoms with van der Waals surface area (Å²) in [6.07, 6.45) is 1.29. The average Bonchev–Trinajstić information content (AvgIpc) is 3.49. The van der Waals surface area contributed by atoms with Crippen molar-refractivity contribution in [2.45, 2.75) is 0 Å². The van der Waals surface area contributed by atoms with Gasteiger partial charge in [-0.2, -0.15) is 10.5 Å². The number of furan rings is 1. The molecule has 2 aromatic carbocycles. The molecule has 170 valence electrons. The highest BCUT2D eigenvalue weighted by molar-refractivity contribution is 7.21. The molecule has 35 heavy (non-hydrogen) atoms. The number of halogens is 5. The number of hydrogen-bond donors (Lipinski definition) is 0. The molecule has 0 fully saturated rings. The van der Waals surface area contributed by atoms with E-state index >= 15 is 0 Å². The summed E-state index contributed by atoms with van der Waals surface area (Å²) in [6.45, 7) is 0. The first-order chi connectivity index (χ1) is 16.8. The molecule has 4 aromatic rings. The van der Waals surface area contributed by atoms with E-state index in [2.05, 4.69) is 4.98 Å². The van der Waals surface area contributed by atoms with Crippen LogP contribution in [0.3, 0.4) is 0 Å². The Morgan fingerprint density at radius 3 is 2.14 bits per heavy atom. The van der Waals surface area contributed by atoms with Crippen LogP contribution in [0.2, 0.25) is 0 Å². The van der Waals surface area contributed by atoms with Crippen molar-refractivity contribution in [3.8, 4) is 22.7 Å². The van der Waals surface area contributed by atoms with Crippen molar-refractivity contribution in [3.05, 3.63) is 87.5 Å². The molecule has 0 N–H and O–H groups in total. The van der Waals surface area contributed by atoms with Gasteiger partial charge in [0.2, 0.25) is 11.5 Å². The number of fused-ring (bicyclic) bond motifs is 2. The highest BCUT2D eigenvalue weighted by Gasteiger charge is 2.33. The Labute approximate surface area is 196 Å². The van der Waals surface area contributed by atoms with Crippen molar-refractivity contribution in [1.82, 2.24) is 4.98 Å². The first-order valence-electron chi connectivity index (χ1n) is 9.59. The van der Waals surface area contributed by atoms with E-state index in [1.165, 1.54) is 12.1 Å². The van der Waals surface area contributed by atoms with Crippen LogP contribution in [0, 0.1) is 51.7 Å². The molecule has 0 saturated carbocycles. The molecule has 5 rings (SSSR count). The zero-order valence-electron chi connectivity index (χ0n) is 16.9. The highest BCUT2D eigenvalue weighted by atomic mass is 32.1. The molecule has 1 aliphatic carbocycles. The van der Waals surface area contributed by atoms with E-state index in [1.807, 2.05) is 0 Å². The lowest BCUT2D eigenvalue weighted by Gasteiger charge is -2.05. The normalized spacial score (nSPS) is 13.9. The van der Waals surface area contributed by atoms with Crippen LogP contribution in [-0.2, 0) is 0 Å². The minimum Gasteiger partial charge on any atom is -0.437 e. The number of carbonyl (C=O) groups excluding carboxylic acids is 1. The number of Topliss-reactive ketones (excluding diaryl/α,β-unsaturated/α-hetero) is 1. The van der Waals surface area contributed by atoms with Gasteiger partial charge in [0.15, 0.2) is 29.1 Å². The maximum Gasteiger partial charge on any atom is 0.238 e. The number of hydrogen-bond acceptors (Lipinski definition) is 6. The van der Waals surface area contributed by atoms with Gasteiger partial charge in [0, 0.05) is 22.8 Å². The molecule has 2 aromatic heterocycles. The Balaban J connectivity index is 1.63. The van der Waals surface area contributed by atoms with Gasteiger partial charge in [0.05, 0.1) is 10.3 Å². The lowest BCUT2D eigenvalue weighted by Crippen LogP contribution is -2.03. The smallest absolute Gasteiger partial charge is 0.238 e.